The van der Waals surface area contributed by atoms with E-state index in [1.807, 2.05) is 0 Å². The van der Waals surface area contributed by atoms with E-state index in [1.54, 1.807) is 6.92 Å². The van der Waals surface area contributed by atoms with Crippen LogP contribution in [0.15, 0.2) is 48.5 Å². The maximum atomic E-state index is 13.0. The van der Waals surface area contributed by atoms with Crippen molar-refractivity contribution in [3.05, 3.63) is 76.6 Å². The highest BCUT2D eigenvalue weighted by Gasteiger charge is 2.21. The number of aromatic nitrogens is 2. The molecule has 0 aliphatic rings. The van der Waals surface area contributed by atoms with Crippen LogP contribution in [0.25, 0.3) is 5.69 Å². The van der Waals surface area contributed by atoms with Gasteiger partial charge in [0.25, 0.3) is 5.91 Å². The van der Waals surface area contributed by atoms with E-state index in [-0.39, 0.29) is 16.5 Å². The SMILES string of the molecule is Cc1nn(-c2ccc(F)cc2)c(Cl)c1C(=O)Nc1ccc(F)cc1. The zero-order valence-electron chi connectivity index (χ0n) is 12.6. The zero-order valence-corrected chi connectivity index (χ0v) is 13.3. The highest BCUT2D eigenvalue weighted by molar-refractivity contribution is 6.34. The summed E-state index contributed by atoms with van der Waals surface area (Å²) in [4.78, 5) is 12.4. The Morgan fingerprint density at radius 1 is 1.04 bits per heavy atom. The molecule has 0 fully saturated rings. The molecule has 0 aliphatic heterocycles. The monoisotopic (exact) mass is 347 g/mol. The first kappa shape index (κ1) is 16.1. The van der Waals surface area contributed by atoms with Crippen LogP contribution in [0.2, 0.25) is 5.15 Å². The van der Waals surface area contributed by atoms with Gasteiger partial charge in [-0.15, -0.1) is 0 Å². The average molecular weight is 348 g/mol. The molecule has 0 atom stereocenters. The summed E-state index contributed by atoms with van der Waals surface area (Å²) < 4.78 is 27.3. The molecular weight excluding hydrogens is 336 g/mol. The lowest BCUT2D eigenvalue weighted by molar-refractivity contribution is 0.102. The fourth-order valence-electron chi connectivity index (χ4n) is 2.24. The Bertz CT molecular complexity index is 889. The molecule has 2 aromatic carbocycles. The predicted molar refractivity (Wildman–Crippen MR) is 87.6 cm³/mol. The lowest BCUT2D eigenvalue weighted by atomic mass is 10.2. The maximum absolute atomic E-state index is 13.0. The number of anilines is 1. The molecule has 4 nitrogen and oxygen atoms in total. The van der Waals surface area contributed by atoms with Crippen molar-refractivity contribution in [2.45, 2.75) is 6.92 Å². The largest absolute Gasteiger partial charge is 0.322 e. The summed E-state index contributed by atoms with van der Waals surface area (Å²) in [5.41, 5.74) is 1.59. The normalized spacial score (nSPS) is 10.7. The van der Waals surface area contributed by atoms with Crippen LogP contribution in [-0.2, 0) is 0 Å². The average Bonchev–Trinajstić information content (AvgIpc) is 2.85. The highest BCUT2D eigenvalue weighted by Crippen LogP contribution is 2.24. The molecule has 0 unspecified atom stereocenters. The minimum atomic E-state index is -0.461. The van der Waals surface area contributed by atoms with E-state index in [0.717, 1.165) is 0 Å². The molecular formula is C17H12ClF2N3O. The molecule has 24 heavy (non-hydrogen) atoms. The molecule has 0 radical (unpaired) electrons. The van der Waals surface area contributed by atoms with E-state index in [4.69, 9.17) is 11.6 Å². The number of nitrogens with zero attached hydrogens (tertiary/aromatic N) is 2. The van der Waals surface area contributed by atoms with Gasteiger partial charge in [0.1, 0.15) is 22.4 Å². The fourth-order valence-corrected chi connectivity index (χ4v) is 2.60. The molecule has 7 heteroatoms. The molecule has 0 spiro atoms. The van der Waals surface area contributed by atoms with E-state index in [2.05, 4.69) is 10.4 Å². The van der Waals surface area contributed by atoms with Crippen molar-refractivity contribution in [3.63, 3.8) is 0 Å². The molecule has 0 saturated carbocycles. The first-order valence-corrected chi connectivity index (χ1v) is 7.41. The molecule has 0 saturated heterocycles. The van der Waals surface area contributed by atoms with Gasteiger partial charge in [-0.2, -0.15) is 5.10 Å². The Labute approximate surface area is 141 Å². The van der Waals surface area contributed by atoms with E-state index < -0.39 is 11.7 Å². The number of benzene rings is 2. The molecule has 0 bridgehead atoms. The summed E-state index contributed by atoms with van der Waals surface area (Å²) in [5, 5.41) is 6.98. The minimum absolute atomic E-state index is 0.110. The van der Waals surface area contributed by atoms with Gasteiger partial charge in [0, 0.05) is 5.69 Å². The summed E-state index contributed by atoms with van der Waals surface area (Å²) in [5.74, 6) is -1.24. The van der Waals surface area contributed by atoms with Gasteiger partial charge in [-0.3, -0.25) is 4.79 Å². The van der Waals surface area contributed by atoms with Gasteiger partial charge in [0.05, 0.1) is 11.4 Å². The van der Waals surface area contributed by atoms with Crippen molar-refractivity contribution in [1.29, 1.82) is 0 Å². The second-order valence-electron chi connectivity index (χ2n) is 5.10. The van der Waals surface area contributed by atoms with Gasteiger partial charge in [-0.25, -0.2) is 13.5 Å². The van der Waals surface area contributed by atoms with Gasteiger partial charge < -0.3 is 5.32 Å². The van der Waals surface area contributed by atoms with Gasteiger partial charge in [0.2, 0.25) is 0 Å². The minimum Gasteiger partial charge on any atom is -0.322 e. The van der Waals surface area contributed by atoms with Crippen LogP contribution in [0.4, 0.5) is 14.5 Å². The van der Waals surface area contributed by atoms with Crippen LogP contribution in [0.1, 0.15) is 16.1 Å². The first-order chi connectivity index (χ1) is 11.5. The summed E-state index contributed by atoms with van der Waals surface area (Å²) in [6.45, 7) is 1.64. The summed E-state index contributed by atoms with van der Waals surface area (Å²) in [6, 6.07) is 11.0. The number of hydrogen-bond donors (Lipinski definition) is 1. The number of amides is 1. The van der Waals surface area contributed by atoms with Gasteiger partial charge in [-0.1, -0.05) is 11.6 Å². The van der Waals surface area contributed by atoms with E-state index in [0.29, 0.717) is 17.1 Å². The van der Waals surface area contributed by atoms with Gasteiger partial charge >= 0.3 is 0 Å². The summed E-state index contributed by atoms with van der Waals surface area (Å²) in [7, 11) is 0. The molecule has 3 rings (SSSR count). The van der Waals surface area contributed by atoms with Crippen molar-refractivity contribution in [3.8, 4) is 5.69 Å². The number of hydrogen-bond acceptors (Lipinski definition) is 2. The number of carbonyl (C=O) groups is 1. The molecule has 0 aliphatic carbocycles. The van der Waals surface area contributed by atoms with Crippen molar-refractivity contribution in [2.24, 2.45) is 0 Å². The Morgan fingerprint density at radius 2 is 1.58 bits per heavy atom. The number of carbonyl (C=O) groups excluding carboxylic acids is 1. The van der Waals surface area contributed by atoms with Crippen LogP contribution in [0.5, 0.6) is 0 Å². The smallest absolute Gasteiger partial charge is 0.260 e. The van der Waals surface area contributed by atoms with Gasteiger partial charge in [-0.05, 0) is 55.5 Å². The highest BCUT2D eigenvalue weighted by atomic mass is 35.5. The van der Waals surface area contributed by atoms with E-state index >= 15 is 0 Å². The molecule has 1 aromatic heterocycles. The topological polar surface area (TPSA) is 46.9 Å². The Morgan fingerprint density at radius 3 is 2.17 bits per heavy atom. The first-order valence-electron chi connectivity index (χ1n) is 7.03. The third kappa shape index (κ3) is 3.14. The Hall–Kier alpha value is -2.73. The van der Waals surface area contributed by atoms with Crippen LogP contribution >= 0.6 is 11.6 Å². The number of nitrogens with one attached hydrogen (secondary N) is 1. The van der Waals surface area contributed by atoms with Crippen LogP contribution < -0.4 is 5.32 Å². The lowest BCUT2D eigenvalue weighted by Gasteiger charge is -2.06. The van der Waals surface area contributed by atoms with Crippen LogP contribution in [0, 0.1) is 18.6 Å². The molecule has 1 amide bonds. The quantitative estimate of drug-likeness (QED) is 0.765. The van der Waals surface area contributed by atoms with Crippen molar-refractivity contribution < 1.29 is 13.6 Å². The Kier molecular flexibility index (Phi) is 4.31. The number of aryl methyl sites for hydroxylation is 1. The van der Waals surface area contributed by atoms with E-state index in [1.165, 1.54) is 53.2 Å². The lowest BCUT2D eigenvalue weighted by Crippen LogP contribution is -2.13. The fraction of sp³-hybridized carbons (Fsp3) is 0.0588. The zero-order chi connectivity index (χ0) is 17.3. The maximum Gasteiger partial charge on any atom is 0.260 e. The van der Waals surface area contributed by atoms with Crippen LogP contribution in [-0.4, -0.2) is 15.7 Å². The Balaban J connectivity index is 1.92. The molecule has 3 aromatic rings. The van der Waals surface area contributed by atoms with Crippen molar-refractivity contribution in [2.75, 3.05) is 5.32 Å². The second kappa shape index (κ2) is 6.41. The summed E-state index contributed by atoms with van der Waals surface area (Å²) >= 11 is 6.28. The number of halogens is 3. The van der Waals surface area contributed by atoms with Crippen molar-refractivity contribution >= 4 is 23.2 Å². The standard InChI is InChI=1S/C17H12ClF2N3O/c1-10-15(17(24)21-13-6-2-11(19)3-7-13)16(18)23(22-10)14-8-4-12(20)5-9-14/h2-9H,1H3,(H,21,24). The predicted octanol–water partition coefficient (Wildman–Crippen LogP) is 4.36. The van der Waals surface area contributed by atoms with E-state index in [9.17, 15) is 13.6 Å². The van der Waals surface area contributed by atoms with Crippen LogP contribution in [0.3, 0.4) is 0 Å². The summed E-state index contributed by atoms with van der Waals surface area (Å²) in [6.07, 6.45) is 0. The van der Waals surface area contributed by atoms with Gasteiger partial charge in [0.15, 0.2) is 0 Å². The third-order valence-corrected chi connectivity index (χ3v) is 3.75. The molecule has 122 valence electrons. The van der Waals surface area contributed by atoms with Crippen molar-refractivity contribution in [1.82, 2.24) is 9.78 Å². The second-order valence-corrected chi connectivity index (χ2v) is 5.46. The number of rotatable bonds is 3. The molecule has 1 heterocycles. The molecule has 1 N–H and O–H groups in total. The third-order valence-electron chi connectivity index (χ3n) is 3.40.